The fourth-order valence-electron chi connectivity index (χ4n) is 4.05. The first-order chi connectivity index (χ1) is 15.0. The number of piperidine rings is 1. The summed E-state index contributed by atoms with van der Waals surface area (Å²) in [5.74, 6) is -0.330. The Kier molecular flexibility index (Phi) is 5.72. The summed E-state index contributed by atoms with van der Waals surface area (Å²) in [6, 6.07) is 15.0. The first-order valence-electron chi connectivity index (χ1n) is 10.5. The van der Waals surface area contributed by atoms with Crippen LogP contribution in [0.1, 0.15) is 48.7 Å². The summed E-state index contributed by atoms with van der Waals surface area (Å²) in [7, 11) is 0. The molecule has 2 amide bonds. The zero-order valence-electron chi connectivity index (χ0n) is 17.7. The molecule has 0 aliphatic carbocycles. The molecular formula is C24H25N5O2. The Bertz CT molecular complexity index is 1170. The van der Waals surface area contributed by atoms with Crippen LogP contribution in [0.5, 0.6) is 0 Å². The highest BCUT2D eigenvalue weighted by molar-refractivity contribution is 5.97. The fraction of sp³-hybridized carbons (Fsp3) is 0.333. The van der Waals surface area contributed by atoms with E-state index in [1.165, 1.54) is 0 Å². The van der Waals surface area contributed by atoms with Gasteiger partial charge in [-0.05, 0) is 57.0 Å². The lowest BCUT2D eigenvalue weighted by atomic mass is 9.95. The first kappa shape index (κ1) is 20.6. The number of nitriles is 1. The lowest BCUT2D eigenvalue weighted by molar-refractivity contribution is -0.121. The van der Waals surface area contributed by atoms with Crippen molar-refractivity contribution in [3.63, 3.8) is 0 Å². The number of fused-ring (bicyclic) bond motifs is 1. The van der Waals surface area contributed by atoms with E-state index in [0.29, 0.717) is 37.1 Å². The molecule has 1 aromatic heterocycles. The van der Waals surface area contributed by atoms with Gasteiger partial charge in [0, 0.05) is 36.1 Å². The normalized spacial score (nSPS) is 14.6. The number of likely N-dealkylation sites (tertiary alicyclic amines) is 1. The van der Waals surface area contributed by atoms with Gasteiger partial charge in [0.2, 0.25) is 5.91 Å². The van der Waals surface area contributed by atoms with Gasteiger partial charge in [0.05, 0.1) is 28.9 Å². The van der Waals surface area contributed by atoms with Crippen molar-refractivity contribution in [2.75, 3.05) is 18.4 Å². The van der Waals surface area contributed by atoms with Crippen molar-refractivity contribution in [2.45, 2.75) is 32.7 Å². The zero-order chi connectivity index (χ0) is 22.0. The third-order valence-electron chi connectivity index (χ3n) is 5.79. The molecule has 1 N–H and O–H groups in total. The number of nitrogens with zero attached hydrogens (tertiary/aromatic N) is 4. The lowest BCUT2D eigenvalue weighted by Gasteiger charge is -2.31. The number of aromatic nitrogens is 2. The van der Waals surface area contributed by atoms with E-state index >= 15 is 0 Å². The summed E-state index contributed by atoms with van der Waals surface area (Å²) in [6.45, 7) is 5.13. The summed E-state index contributed by atoms with van der Waals surface area (Å²) in [5.41, 5.74) is 2.54. The minimum absolute atomic E-state index is 0.0283. The van der Waals surface area contributed by atoms with E-state index in [0.717, 1.165) is 16.6 Å². The van der Waals surface area contributed by atoms with E-state index in [1.807, 2.05) is 29.1 Å². The van der Waals surface area contributed by atoms with Crippen LogP contribution in [-0.4, -0.2) is 39.6 Å². The highest BCUT2D eigenvalue weighted by atomic mass is 16.2. The predicted molar refractivity (Wildman–Crippen MR) is 119 cm³/mol. The third kappa shape index (κ3) is 4.15. The van der Waals surface area contributed by atoms with Crippen LogP contribution in [0.2, 0.25) is 0 Å². The molecule has 0 bridgehead atoms. The summed E-state index contributed by atoms with van der Waals surface area (Å²) >= 11 is 0. The van der Waals surface area contributed by atoms with Gasteiger partial charge in [-0.25, -0.2) is 0 Å². The van der Waals surface area contributed by atoms with Gasteiger partial charge < -0.3 is 10.2 Å². The van der Waals surface area contributed by atoms with Crippen molar-refractivity contribution in [1.29, 1.82) is 5.26 Å². The lowest BCUT2D eigenvalue weighted by Crippen LogP contribution is -2.41. The van der Waals surface area contributed by atoms with Gasteiger partial charge in [-0.2, -0.15) is 10.4 Å². The van der Waals surface area contributed by atoms with Crippen molar-refractivity contribution in [3.05, 3.63) is 59.8 Å². The number of rotatable bonds is 4. The molecule has 3 aromatic rings. The average Bonchev–Trinajstić information content (AvgIpc) is 3.22. The fourth-order valence-corrected chi connectivity index (χ4v) is 4.05. The second kappa shape index (κ2) is 8.60. The molecule has 0 atom stereocenters. The standard InChI is InChI=1S/C24H25N5O2/c1-16(2)29-22-13-20(8-7-19(22)15-26-29)27-23(30)17-9-11-28(12-10-17)24(31)21-6-4-3-5-18(21)14-25/h3-8,13,15-17H,9-12H2,1-2H3,(H,27,30). The molecule has 2 aromatic carbocycles. The van der Waals surface area contributed by atoms with Crippen molar-refractivity contribution >= 4 is 28.4 Å². The van der Waals surface area contributed by atoms with Crippen molar-refractivity contribution < 1.29 is 9.59 Å². The molecule has 4 rings (SSSR count). The number of nitrogens with one attached hydrogen (secondary N) is 1. The number of anilines is 1. The predicted octanol–water partition coefficient (Wildman–Crippen LogP) is 3.98. The monoisotopic (exact) mass is 415 g/mol. The van der Waals surface area contributed by atoms with Gasteiger partial charge in [0.1, 0.15) is 0 Å². The van der Waals surface area contributed by atoms with Crippen LogP contribution in [0.4, 0.5) is 5.69 Å². The SMILES string of the molecule is CC(C)n1ncc2ccc(NC(=O)C3CCN(C(=O)c4ccccc4C#N)CC3)cc21. The third-order valence-corrected chi connectivity index (χ3v) is 5.79. The molecule has 0 saturated carbocycles. The molecule has 2 heterocycles. The van der Waals surface area contributed by atoms with Gasteiger partial charge in [-0.15, -0.1) is 0 Å². The van der Waals surface area contributed by atoms with Crippen molar-refractivity contribution in [3.8, 4) is 6.07 Å². The van der Waals surface area contributed by atoms with E-state index in [9.17, 15) is 14.9 Å². The number of hydrogen-bond donors (Lipinski definition) is 1. The van der Waals surface area contributed by atoms with Crippen LogP contribution in [0.3, 0.4) is 0 Å². The Morgan fingerprint density at radius 2 is 1.90 bits per heavy atom. The maximum atomic E-state index is 12.8. The Balaban J connectivity index is 1.39. The van der Waals surface area contributed by atoms with E-state index in [-0.39, 0.29) is 23.8 Å². The summed E-state index contributed by atoms with van der Waals surface area (Å²) in [4.78, 5) is 27.4. The Labute approximate surface area is 181 Å². The molecule has 1 aliphatic rings. The van der Waals surface area contributed by atoms with E-state index < -0.39 is 0 Å². The molecule has 0 unspecified atom stereocenters. The molecule has 0 radical (unpaired) electrons. The Hall–Kier alpha value is -3.66. The molecule has 7 nitrogen and oxygen atoms in total. The molecule has 31 heavy (non-hydrogen) atoms. The first-order valence-corrected chi connectivity index (χ1v) is 10.5. The topological polar surface area (TPSA) is 91.0 Å². The number of hydrogen-bond acceptors (Lipinski definition) is 4. The van der Waals surface area contributed by atoms with Gasteiger partial charge in [-0.3, -0.25) is 14.3 Å². The van der Waals surface area contributed by atoms with Crippen LogP contribution in [0, 0.1) is 17.2 Å². The Morgan fingerprint density at radius 1 is 1.16 bits per heavy atom. The maximum Gasteiger partial charge on any atom is 0.255 e. The molecule has 1 aliphatic heterocycles. The van der Waals surface area contributed by atoms with Crippen molar-refractivity contribution in [1.82, 2.24) is 14.7 Å². The number of carbonyl (C=O) groups excluding carboxylic acids is 2. The summed E-state index contributed by atoms with van der Waals surface area (Å²) < 4.78 is 1.94. The second-order valence-corrected chi connectivity index (χ2v) is 8.17. The number of carbonyl (C=O) groups is 2. The van der Waals surface area contributed by atoms with Crippen LogP contribution in [0.15, 0.2) is 48.7 Å². The van der Waals surface area contributed by atoms with Crippen molar-refractivity contribution in [2.24, 2.45) is 5.92 Å². The minimum atomic E-state index is -0.152. The highest BCUT2D eigenvalue weighted by Crippen LogP contribution is 2.25. The minimum Gasteiger partial charge on any atom is -0.339 e. The molecular weight excluding hydrogens is 390 g/mol. The maximum absolute atomic E-state index is 12.8. The van der Waals surface area contributed by atoms with Crippen LogP contribution < -0.4 is 5.32 Å². The quantitative estimate of drug-likeness (QED) is 0.698. The Morgan fingerprint density at radius 3 is 2.61 bits per heavy atom. The van der Waals surface area contributed by atoms with E-state index in [1.54, 1.807) is 29.2 Å². The second-order valence-electron chi connectivity index (χ2n) is 8.17. The van der Waals surface area contributed by atoms with Gasteiger partial charge in [0.25, 0.3) is 5.91 Å². The zero-order valence-corrected chi connectivity index (χ0v) is 17.7. The van der Waals surface area contributed by atoms with Crippen LogP contribution in [-0.2, 0) is 4.79 Å². The summed E-state index contributed by atoms with van der Waals surface area (Å²) in [5, 5.41) is 17.7. The largest absolute Gasteiger partial charge is 0.339 e. The average molecular weight is 415 g/mol. The van der Waals surface area contributed by atoms with Crippen LogP contribution >= 0.6 is 0 Å². The van der Waals surface area contributed by atoms with Gasteiger partial charge in [0.15, 0.2) is 0 Å². The highest BCUT2D eigenvalue weighted by Gasteiger charge is 2.28. The molecule has 1 fully saturated rings. The summed E-state index contributed by atoms with van der Waals surface area (Å²) in [6.07, 6.45) is 3.02. The molecule has 1 saturated heterocycles. The van der Waals surface area contributed by atoms with Gasteiger partial charge >= 0.3 is 0 Å². The molecule has 7 heteroatoms. The smallest absolute Gasteiger partial charge is 0.255 e. The number of benzene rings is 2. The van der Waals surface area contributed by atoms with Gasteiger partial charge in [-0.1, -0.05) is 12.1 Å². The molecule has 0 spiro atoms. The number of amides is 2. The van der Waals surface area contributed by atoms with E-state index in [4.69, 9.17) is 0 Å². The van der Waals surface area contributed by atoms with E-state index in [2.05, 4.69) is 30.3 Å². The molecule has 158 valence electrons. The van der Waals surface area contributed by atoms with Crippen LogP contribution in [0.25, 0.3) is 10.9 Å².